The highest BCUT2D eigenvalue weighted by Gasteiger charge is 2.25. The predicted octanol–water partition coefficient (Wildman–Crippen LogP) is 3.99. The first-order chi connectivity index (χ1) is 12.2. The van der Waals surface area contributed by atoms with E-state index < -0.39 is 0 Å². The van der Waals surface area contributed by atoms with Crippen LogP contribution >= 0.6 is 0 Å². The molecule has 0 aliphatic carbocycles. The molecule has 0 aromatic heterocycles. The van der Waals surface area contributed by atoms with E-state index in [1.165, 1.54) is 21.3 Å². The van der Waals surface area contributed by atoms with Crippen LogP contribution in [-0.2, 0) is 4.79 Å². The molecular formula is C19H17NO5. The fourth-order valence-electron chi connectivity index (χ4n) is 3.11. The van der Waals surface area contributed by atoms with Crippen LogP contribution in [0.1, 0.15) is 0 Å². The summed E-state index contributed by atoms with van der Waals surface area (Å²) in [6, 6.07) is 9.66. The van der Waals surface area contributed by atoms with E-state index in [9.17, 15) is 4.79 Å². The normalized spacial score (nSPS) is 10.4. The van der Waals surface area contributed by atoms with Gasteiger partial charge in [-0.05, 0) is 11.5 Å². The Kier molecular flexibility index (Phi) is 4.46. The van der Waals surface area contributed by atoms with Gasteiger partial charge in [-0.3, -0.25) is 0 Å². The number of aliphatic imine (C=N–C) groups is 1. The number of carbonyl (C=O) groups excluding carboxylic acids is 1. The van der Waals surface area contributed by atoms with Crippen molar-refractivity contribution in [3.63, 3.8) is 0 Å². The van der Waals surface area contributed by atoms with Gasteiger partial charge >= 0.3 is 0 Å². The molecule has 3 rings (SSSR count). The van der Waals surface area contributed by atoms with Crippen molar-refractivity contribution < 1.29 is 23.7 Å². The minimum absolute atomic E-state index is 0.299. The van der Waals surface area contributed by atoms with E-state index in [4.69, 9.17) is 18.9 Å². The lowest BCUT2D eigenvalue weighted by Gasteiger charge is -2.19. The summed E-state index contributed by atoms with van der Waals surface area (Å²) in [7, 11) is 6.09. The Bertz CT molecular complexity index is 1010. The van der Waals surface area contributed by atoms with Gasteiger partial charge in [0.1, 0.15) is 11.4 Å². The Hall–Kier alpha value is -3.24. The van der Waals surface area contributed by atoms with Gasteiger partial charge < -0.3 is 18.9 Å². The van der Waals surface area contributed by atoms with Crippen LogP contribution in [0.5, 0.6) is 23.0 Å². The first-order valence-corrected chi connectivity index (χ1v) is 7.51. The highest BCUT2D eigenvalue weighted by molar-refractivity contribution is 6.14. The second-order valence-electron chi connectivity index (χ2n) is 5.20. The summed E-state index contributed by atoms with van der Waals surface area (Å²) in [5.74, 6) is 1.68. The molecule has 0 radical (unpaired) electrons. The lowest BCUT2D eigenvalue weighted by Crippen LogP contribution is -1.99. The average molecular weight is 339 g/mol. The minimum atomic E-state index is 0.299. The van der Waals surface area contributed by atoms with E-state index in [-0.39, 0.29) is 0 Å². The molecule has 0 bridgehead atoms. The van der Waals surface area contributed by atoms with Gasteiger partial charge in [-0.1, -0.05) is 24.3 Å². The molecule has 128 valence electrons. The summed E-state index contributed by atoms with van der Waals surface area (Å²) < 4.78 is 22.2. The van der Waals surface area contributed by atoms with Crippen molar-refractivity contribution in [2.75, 3.05) is 28.4 Å². The molecule has 0 aliphatic rings. The third-order valence-electron chi connectivity index (χ3n) is 4.09. The van der Waals surface area contributed by atoms with Gasteiger partial charge in [0.15, 0.2) is 11.5 Å². The van der Waals surface area contributed by atoms with Crippen LogP contribution < -0.4 is 18.9 Å². The van der Waals surface area contributed by atoms with Crippen molar-refractivity contribution in [1.29, 1.82) is 0 Å². The number of nitrogens with zero attached hydrogens (tertiary/aromatic N) is 1. The quantitative estimate of drug-likeness (QED) is 0.399. The van der Waals surface area contributed by atoms with Gasteiger partial charge in [0.2, 0.25) is 11.8 Å². The fourth-order valence-corrected chi connectivity index (χ4v) is 3.11. The van der Waals surface area contributed by atoms with E-state index in [0.29, 0.717) is 39.5 Å². The molecule has 0 unspecified atom stereocenters. The number of rotatable bonds is 5. The van der Waals surface area contributed by atoms with Gasteiger partial charge in [0.05, 0.1) is 33.8 Å². The topological polar surface area (TPSA) is 66.3 Å². The van der Waals surface area contributed by atoms with Crippen LogP contribution in [0.4, 0.5) is 5.69 Å². The monoisotopic (exact) mass is 339 g/mol. The largest absolute Gasteiger partial charge is 0.495 e. The van der Waals surface area contributed by atoms with Crippen LogP contribution in [0.15, 0.2) is 35.3 Å². The van der Waals surface area contributed by atoms with Gasteiger partial charge in [0, 0.05) is 10.8 Å². The van der Waals surface area contributed by atoms with E-state index in [1.807, 2.05) is 30.3 Å². The first kappa shape index (κ1) is 16.6. The van der Waals surface area contributed by atoms with Crippen LogP contribution in [0, 0.1) is 0 Å². The molecule has 6 heteroatoms. The van der Waals surface area contributed by atoms with Crippen molar-refractivity contribution >= 4 is 33.3 Å². The van der Waals surface area contributed by atoms with Crippen molar-refractivity contribution in [3.05, 3.63) is 30.3 Å². The van der Waals surface area contributed by atoms with E-state index in [2.05, 4.69) is 4.99 Å². The summed E-state index contributed by atoms with van der Waals surface area (Å²) in [6.45, 7) is 0. The van der Waals surface area contributed by atoms with Gasteiger partial charge in [-0.25, -0.2) is 4.79 Å². The molecule has 0 amide bonds. The summed E-state index contributed by atoms with van der Waals surface area (Å²) in [5, 5.41) is 3.14. The first-order valence-electron chi connectivity index (χ1n) is 7.51. The lowest BCUT2D eigenvalue weighted by atomic mass is 9.99. The molecule has 0 saturated carbocycles. The van der Waals surface area contributed by atoms with Crippen LogP contribution in [0.3, 0.4) is 0 Å². The van der Waals surface area contributed by atoms with Crippen LogP contribution in [-0.4, -0.2) is 34.5 Å². The number of hydrogen-bond acceptors (Lipinski definition) is 6. The Morgan fingerprint density at radius 2 is 1.44 bits per heavy atom. The van der Waals surface area contributed by atoms with Crippen molar-refractivity contribution in [2.45, 2.75) is 0 Å². The highest BCUT2D eigenvalue weighted by Crippen LogP contribution is 2.54. The molecule has 0 spiro atoms. The fraction of sp³-hybridized carbons (Fsp3) is 0.211. The summed E-state index contributed by atoms with van der Waals surface area (Å²) in [6.07, 6.45) is 1.58. The number of methoxy groups -OCH3 is 4. The molecule has 0 aliphatic heterocycles. The number of isocyanates is 1. The third kappa shape index (κ3) is 2.44. The van der Waals surface area contributed by atoms with Gasteiger partial charge in [-0.15, -0.1) is 0 Å². The highest BCUT2D eigenvalue weighted by atomic mass is 16.5. The second kappa shape index (κ2) is 6.71. The molecule has 3 aromatic rings. The Balaban J connectivity index is 2.69. The van der Waals surface area contributed by atoms with Crippen LogP contribution in [0.2, 0.25) is 0 Å². The zero-order chi connectivity index (χ0) is 18.0. The standard InChI is InChI=1S/C19H17NO5/c1-22-16-12-8-6-5-7-11(12)9-13-14(16)17(23-2)19(25-4)18(24-3)15(13)20-10-21/h5-9H,1-4H3. The van der Waals surface area contributed by atoms with Crippen molar-refractivity contribution in [1.82, 2.24) is 0 Å². The van der Waals surface area contributed by atoms with E-state index in [0.717, 1.165) is 10.8 Å². The molecular weight excluding hydrogens is 322 g/mol. The SMILES string of the molecule is COc1c(OC)c(OC)c2c(OC)c3ccccc3cc2c1N=C=O. The van der Waals surface area contributed by atoms with Gasteiger partial charge in [-0.2, -0.15) is 4.99 Å². The second-order valence-corrected chi connectivity index (χ2v) is 5.20. The van der Waals surface area contributed by atoms with E-state index >= 15 is 0 Å². The minimum Gasteiger partial charge on any atom is -0.495 e. The molecule has 3 aromatic carbocycles. The zero-order valence-corrected chi connectivity index (χ0v) is 14.4. The molecule has 0 heterocycles. The third-order valence-corrected chi connectivity index (χ3v) is 4.09. The smallest absolute Gasteiger partial charge is 0.240 e. The molecule has 0 N–H and O–H groups in total. The number of benzene rings is 3. The Labute approximate surface area is 144 Å². The summed E-state index contributed by atoms with van der Waals surface area (Å²) in [4.78, 5) is 14.9. The molecule has 0 atom stereocenters. The number of fused-ring (bicyclic) bond motifs is 2. The summed E-state index contributed by atoms with van der Waals surface area (Å²) >= 11 is 0. The van der Waals surface area contributed by atoms with Crippen LogP contribution in [0.25, 0.3) is 21.5 Å². The van der Waals surface area contributed by atoms with Crippen molar-refractivity contribution in [3.8, 4) is 23.0 Å². The molecule has 0 saturated heterocycles. The zero-order valence-electron chi connectivity index (χ0n) is 14.4. The van der Waals surface area contributed by atoms with Gasteiger partial charge in [0.25, 0.3) is 0 Å². The maximum Gasteiger partial charge on any atom is 0.240 e. The van der Waals surface area contributed by atoms with Crippen molar-refractivity contribution in [2.24, 2.45) is 4.99 Å². The lowest BCUT2D eigenvalue weighted by molar-refractivity contribution is 0.327. The maximum absolute atomic E-state index is 11.0. The molecule has 6 nitrogen and oxygen atoms in total. The molecule has 25 heavy (non-hydrogen) atoms. The van der Waals surface area contributed by atoms with E-state index in [1.54, 1.807) is 13.2 Å². The molecule has 0 fully saturated rings. The summed E-state index contributed by atoms with van der Waals surface area (Å²) in [5.41, 5.74) is 0.314. The number of ether oxygens (including phenoxy) is 4. The Morgan fingerprint density at radius 1 is 0.800 bits per heavy atom. The Morgan fingerprint density at radius 3 is 2.04 bits per heavy atom. The maximum atomic E-state index is 11.0. The average Bonchev–Trinajstić information content (AvgIpc) is 2.65. The number of hydrogen-bond donors (Lipinski definition) is 0. The predicted molar refractivity (Wildman–Crippen MR) is 95.4 cm³/mol.